The van der Waals surface area contributed by atoms with E-state index in [1.807, 2.05) is 24.3 Å². The van der Waals surface area contributed by atoms with E-state index in [9.17, 15) is 9.59 Å². The Morgan fingerprint density at radius 1 is 1.04 bits per heavy atom. The zero-order valence-corrected chi connectivity index (χ0v) is 14.9. The second-order valence-corrected chi connectivity index (χ2v) is 6.91. The highest BCUT2D eigenvalue weighted by molar-refractivity contribution is 5.98. The summed E-state index contributed by atoms with van der Waals surface area (Å²) in [6.45, 7) is 5.99. The van der Waals surface area contributed by atoms with Crippen LogP contribution < -0.4 is 16.0 Å². The molecule has 0 heterocycles. The van der Waals surface area contributed by atoms with E-state index in [-0.39, 0.29) is 11.9 Å². The van der Waals surface area contributed by atoms with Crippen molar-refractivity contribution in [3.8, 4) is 0 Å². The van der Waals surface area contributed by atoms with Crippen molar-refractivity contribution < 1.29 is 9.59 Å². The van der Waals surface area contributed by atoms with Gasteiger partial charge in [-0.2, -0.15) is 0 Å². The average Bonchev–Trinajstić information content (AvgIpc) is 2.55. The smallest absolute Gasteiger partial charge is 0.321 e. The van der Waals surface area contributed by atoms with Gasteiger partial charge in [-0.15, -0.1) is 0 Å². The summed E-state index contributed by atoms with van der Waals surface area (Å²) in [6.07, 6.45) is 5.51. The number of hydrogen-bond donors (Lipinski definition) is 3. The van der Waals surface area contributed by atoms with Gasteiger partial charge in [0.15, 0.2) is 0 Å². The summed E-state index contributed by atoms with van der Waals surface area (Å²) in [5, 5.41) is 8.55. The first-order chi connectivity index (χ1) is 11.5. The number of anilines is 1. The van der Waals surface area contributed by atoms with Crippen LogP contribution in [-0.4, -0.2) is 24.0 Å². The number of benzene rings is 1. The van der Waals surface area contributed by atoms with Crippen molar-refractivity contribution in [3.63, 3.8) is 0 Å². The molecule has 0 unspecified atom stereocenters. The van der Waals surface area contributed by atoms with E-state index < -0.39 is 12.1 Å². The Morgan fingerprint density at radius 2 is 1.71 bits per heavy atom. The maximum atomic E-state index is 12.2. The fourth-order valence-corrected chi connectivity index (χ4v) is 3.12. The van der Waals surface area contributed by atoms with Crippen molar-refractivity contribution in [3.05, 3.63) is 29.8 Å². The van der Waals surface area contributed by atoms with Crippen molar-refractivity contribution in [2.45, 2.75) is 70.9 Å². The number of nitrogens with one attached hydrogen (secondary N) is 3. The van der Waals surface area contributed by atoms with Crippen LogP contribution in [0.25, 0.3) is 0 Å². The second-order valence-electron chi connectivity index (χ2n) is 6.91. The Balaban J connectivity index is 1.86. The van der Waals surface area contributed by atoms with Crippen molar-refractivity contribution in [2.24, 2.45) is 0 Å². The number of rotatable bonds is 5. The lowest BCUT2D eigenvalue weighted by Crippen LogP contribution is -2.49. The summed E-state index contributed by atoms with van der Waals surface area (Å²) < 4.78 is 0. The molecule has 3 N–H and O–H groups in total. The summed E-state index contributed by atoms with van der Waals surface area (Å²) >= 11 is 0. The van der Waals surface area contributed by atoms with E-state index in [2.05, 4.69) is 29.8 Å². The van der Waals surface area contributed by atoms with Crippen molar-refractivity contribution in [1.29, 1.82) is 0 Å². The summed E-state index contributed by atoms with van der Waals surface area (Å²) in [5.74, 6) is 0.0421. The number of hydrogen-bond acceptors (Lipinski definition) is 3. The van der Waals surface area contributed by atoms with Crippen LogP contribution in [0.4, 0.5) is 10.5 Å². The number of carbonyl (C=O) groups is 2. The lowest BCUT2D eigenvalue weighted by Gasteiger charge is -2.23. The van der Waals surface area contributed by atoms with E-state index in [0.717, 1.165) is 36.9 Å². The molecule has 5 nitrogen and oxygen atoms in total. The number of carbonyl (C=O) groups excluding carboxylic acids is 2. The van der Waals surface area contributed by atoms with E-state index in [1.54, 1.807) is 6.92 Å². The third-order valence-electron chi connectivity index (χ3n) is 4.53. The van der Waals surface area contributed by atoms with Gasteiger partial charge in [0.25, 0.3) is 0 Å². The molecule has 0 aromatic heterocycles. The van der Waals surface area contributed by atoms with E-state index in [1.165, 1.54) is 6.42 Å². The molecule has 5 heteroatoms. The molecule has 0 bridgehead atoms. The summed E-state index contributed by atoms with van der Waals surface area (Å²) in [6, 6.07) is 7.25. The molecule has 24 heavy (non-hydrogen) atoms. The molecule has 1 atom stereocenters. The van der Waals surface area contributed by atoms with E-state index >= 15 is 0 Å². The quantitative estimate of drug-likeness (QED) is 0.769. The molecule has 0 saturated heterocycles. The summed E-state index contributed by atoms with van der Waals surface area (Å²) in [7, 11) is 0. The topological polar surface area (TPSA) is 70.2 Å². The molecular formula is C19H29N3O2. The highest BCUT2D eigenvalue weighted by atomic mass is 16.2. The van der Waals surface area contributed by atoms with Crippen LogP contribution in [0.2, 0.25) is 0 Å². The molecule has 2 rings (SSSR count). The van der Waals surface area contributed by atoms with Gasteiger partial charge >= 0.3 is 6.03 Å². The molecule has 3 amide bonds. The molecule has 1 saturated carbocycles. The van der Waals surface area contributed by atoms with Crippen molar-refractivity contribution in [1.82, 2.24) is 10.6 Å². The normalized spacial score (nSPS) is 16.5. The van der Waals surface area contributed by atoms with Crippen LogP contribution in [-0.2, 0) is 4.79 Å². The Hall–Kier alpha value is -2.04. The minimum absolute atomic E-state index is 0.191. The highest BCUT2D eigenvalue weighted by Crippen LogP contribution is 2.24. The molecule has 0 radical (unpaired) electrons. The standard InChI is InChI=1S/C19H29N3O2/c1-13(2)16-11-7-8-12-17(16)20-14(3)18(23)22-19(24)21-15-9-5-4-6-10-15/h7-8,11-15,20H,4-6,9-10H2,1-3H3,(H2,21,22,23,24)/t14-/m1/s1. The predicted octanol–water partition coefficient (Wildman–Crippen LogP) is 3.77. The monoisotopic (exact) mass is 331 g/mol. The Morgan fingerprint density at radius 3 is 2.38 bits per heavy atom. The zero-order valence-electron chi connectivity index (χ0n) is 14.9. The second kappa shape index (κ2) is 8.71. The predicted molar refractivity (Wildman–Crippen MR) is 97.2 cm³/mol. The van der Waals surface area contributed by atoms with Gasteiger partial charge in [0.05, 0.1) is 0 Å². The van der Waals surface area contributed by atoms with Crippen LogP contribution in [0, 0.1) is 0 Å². The first-order valence-corrected chi connectivity index (χ1v) is 8.94. The molecule has 1 aliphatic rings. The van der Waals surface area contributed by atoms with Gasteiger partial charge in [0.2, 0.25) is 5.91 Å². The molecule has 1 aromatic carbocycles. The third kappa shape index (κ3) is 5.25. The van der Waals surface area contributed by atoms with Gasteiger partial charge in [0, 0.05) is 11.7 Å². The first kappa shape index (κ1) is 18.3. The van der Waals surface area contributed by atoms with Gasteiger partial charge in [-0.05, 0) is 37.3 Å². The van der Waals surface area contributed by atoms with Crippen LogP contribution >= 0.6 is 0 Å². The highest BCUT2D eigenvalue weighted by Gasteiger charge is 2.20. The van der Waals surface area contributed by atoms with Crippen LogP contribution in [0.5, 0.6) is 0 Å². The largest absolute Gasteiger partial charge is 0.374 e. The van der Waals surface area contributed by atoms with Crippen LogP contribution in [0.3, 0.4) is 0 Å². The van der Waals surface area contributed by atoms with Crippen LogP contribution in [0.15, 0.2) is 24.3 Å². The van der Waals surface area contributed by atoms with Crippen LogP contribution in [0.1, 0.15) is 64.4 Å². The lowest BCUT2D eigenvalue weighted by atomic mass is 9.96. The molecule has 0 aliphatic heterocycles. The maximum absolute atomic E-state index is 12.2. The van der Waals surface area contributed by atoms with Gasteiger partial charge < -0.3 is 10.6 Å². The molecule has 1 fully saturated rings. The average molecular weight is 331 g/mol. The van der Waals surface area contributed by atoms with Gasteiger partial charge in [-0.25, -0.2) is 4.79 Å². The van der Waals surface area contributed by atoms with Crippen molar-refractivity contribution >= 4 is 17.6 Å². The zero-order chi connectivity index (χ0) is 17.5. The maximum Gasteiger partial charge on any atom is 0.321 e. The van der Waals surface area contributed by atoms with Gasteiger partial charge in [-0.1, -0.05) is 51.3 Å². The SMILES string of the molecule is CC(C)c1ccccc1N[C@H](C)C(=O)NC(=O)NC1CCCCC1. The van der Waals surface area contributed by atoms with Crippen molar-refractivity contribution in [2.75, 3.05) is 5.32 Å². The summed E-state index contributed by atoms with van der Waals surface area (Å²) in [5.41, 5.74) is 2.09. The fourth-order valence-electron chi connectivity index (χ4n) is 3.12. The number of amides is 3. The van der Waals surface area contributed by atoms with E-state index in [0.29, 0.717) is 5.92 Å². The Kier molecular flexibility index (Phi) is 6.64. The molecule has 0 spiro atoms. The number of urea groups is 1. The molecule has 1 aromatic rings. The molecule has 132 valence electrons. The lowest BCUT2D eigenvalue weighted by molar-refractivity contribution is -0.120. The number of imide groups is 1. The molecular weight excluding hydrogens is 302 g/mol. The minimum Gasteiger partial charge on any atom is -0.374 e. The fraction of sp³-hybridized carbons (Fsp3) is 0.579. The van der Waals surface area contributed by atoms with Gasteiger partial charge in [0.1, 0.15) is 6.04 Å². The van der Waals surface area contributed by atoms with E-state index in [4.69, 9.17) is 0 Å². The Bertz CT molecular complexity index is 565. The minimum atomic E-state index is -0.484. The first-order valence-electron chi connectivity index (χ1n) is 8.94. The number of para-hydroxylation sites is 1. The third-order valence-corrected chi connectivity index (χ3v) is 4.53. The molecule has 1 aliphatic carbocycles. The summed E-state index contributed by atoms with van der Waals surface area (Å²) in [4.78, 5) is 24.2. The Labute approximate surface area is 144 Å². The van der Waals surface area contributed by atoms with Gasteiger partial charge in [-0.3, -0.25) is 10.1 Å².